The molecule has 20 heavy (non-hydrogen) atoms. The molecule has 0 saturated carbocycles. The molecule has 0 aliphatic rings. The minimum atomic E-state index is -0.731. The Labute approximate surface area is 122 Å². The van der Waals surface area contributed by atoms with Crippen molar-refractivity contribution in [1.82, 2.24) is 0 Å². The molecule has 0 aromatic rings. The Morgan fingerprint density at radius 2 is 1.30 bits per heavy atom. The number of hydrogen-bond acceptors (Lipinski definition) is 4. The third-order valence-electron chi connectivity index (χ3n) is 2.93. The molecule has 0 aliphatic carbocycles. The van der Waals surface area contributed by atoms with Gasteiger partial charge in [0.25, 0.3) is 0 Å². The van der Waals surface area contributed by atoms with E-state index in [1.807, 2.05) is 5.92 Å². The Morgan fingerprint density at radius 3 is 1.85 bits per heavy atom. The highest BCUT2D eigenvalue weighted by Gasteiger charge is 1.98. The molecule has 0 atom stereocenters. The number of ether oxygens (including phenoxy) is 2. The smallest absolute Gasteiger partial charge is 0.384 e. The maximum Gasteiger partial charge on any atom is 0.384 e. The van der Waals surface area contributed by atoms with Gasteiger partial charge in [0.15, 0.2) is 0 Å². The lowest BCUT2D eigenvalue weighted by Crippen LogP contribution is -2.04. The molecule has 0 N–H and O–H groups in total. The zero-order chi connectivity index (χ0) is 15.1. The maximum atomic E-state index is 11.1. The van der Waals surface area contributed by atoms with Crippen molar-refractivity contribution in [1.29, 1.82) is 0 Å². The van der Waals surface area contributed by atoms with Crippen LogP contribution in [-0.2, 0) is 19.1 Å². The largest absolute Gasteiger partial charge is 0.459 e. The van der Waals surface area contributed by atoms with Crippen molar-refractivity contribution in [2.24, 2.45) is 0 Å². The van der Waals surface area contributed by atoms with E-state index in [2.05, 4.69) is 17.6 Å². The summed E-state index contributed by atoms with van der Waals surface area (Å²) in [5, 5.41) is 0. The van der Waals surface area contributed by atoms with E-state index in [9.17, 15) is 9.59 Å². The van der Waals surface area contributed by atoms with Gasteiger partial charge < -0.3 is 9.47 Å². The molecular formula is C16H26O4. The number of carbonyl (C=O) groups excluding carboxylic acids is 2. The fourth-order valence-corrected chi connectivity index (χ4v) is 1.77. The summed E-state index contributed by atoms with van der Waals surface area (Å²) in [7, 11) is 1.21. The van der Waals surface area contributed by atoms with Crippen LogP contribution in [0.1, 0.15) is 64.7 Å². The molecule has 0 spiro atoms. The molecule has 4 nitrogen and oxygen atoms in total. The van der Waals surface area contributed by atoms with Gasteiger partial charge in [-0.2, -0.15) is 0 Å². The number of methoxy groups -OCH3 is 1. The first kappa shape index (κ1) is 18.5. The third kappa shape index (κ3) is 12.9. The molecule has 0 heterocycles. The third-order valence-corrected chi connectivity index (χ3v) is 2.93. The van der Waals surface area contributed by atoms with Crippen LogP contribution in [0.15, 0.2) is 0 Å². The molecule has 0 amide bonds. The highest BCUT2D eigenvalue weighted by atomic mass is 16.5. The SMILES string of the molecule is CCCCCCCCCCCOC(=O)C#CC(=O)OC. The molecule has 4 heteroatoms. The molecule has 0 bridgehead atoms. The van der Waals surface area contributed by atoms with Crippen LogP contribution in [-0.4, -0.2) is 25.7 Å². The lowest BCUT2D eigenvalue weighted by Gasteiger charge is -2.02. The molecule has 0 fully saturated rings. The van der Waals surface area contributed by atoms with Gasteiger partial charge in [-0.3, -0.25) is 0 Å². The van der Waals surface area contributed by atoms with Crippen molar-refractivity contribution in [3.63, 3.8) is 0 Å². The highest BCUT2D eigenvalue weighted by molar-refractivity contribution is 5.98. The molecule has 0 saturated heterocycles. The van der Waals surface area contributed by atoms with Crippen molar-refractivity contribution in [3.05, 3.63) is 0 Å². The van der Waals surface area contributed by atoms with Gasteiger partial charge in [-0.15, -0.1) is 0 Å². The average molecular weight is 282 g/mol. The zero-order valence-corrected chi connectivity index (χ0v) is 12.7. The van der Waals surface area contributed by atoms with Crippen LogP contribution in [0.4, 0.5) is 0 Å². The Bertz CT molecular complexity index is 325. The predicted molar refractivity (Wildman–Crippen MR) is 78.0 cm³/mol. The monoisotopic (exact) mass is 282 g/mol. The van der Waals surface area contributed by atoms with Gasteiger partial charge >= 0.3 is 11.9 Å². The van der Waals surface area contributed by atoms with Crippen LogP contribution >= 0.6 is 0 Å². The van der Waals surface area contributed by atoms with E-state index in [0.29, 0.717) is 6.61 Å². The first-order valence-electron chi connectivity index (χ1n) is 7.47. The quantitative estimate of drug-likeness (QED) is 0.267. The van der Waals surface area contributed by atoms with Crippen LogP contribution in [0.2, 0.25) is 0 Å². The number of hydrogen-bond donors (Lipinski definition) is 0. The first-order valence-corrected chi connectivity index (χ1v) is 7.47. The van der Waals surface area contributed by atoms with E-state index in [-0.39, 0.29) is 0 Å². The Kier molecular flexibility index (Phi) is 12.9. The summed E-state index contributed by atoms with van der Waals surface area (Å²) in [6.07, 6.45) is 10.9. The fourth-order valence-electron chi connectivity index (χ4n) is 1.77. The molecule has 0 aromatic carbocycles. The average Bonchev–Trinajstić information content (AvgIpc) is 2.46. The lowest BCUT2D eigenvalue weighted by atomic mass is 10.1. The van der Waals surface area contributed by atoms with Gasteiger partial charge in [0.05, 0.1) is 13.7 Å². The predicted octanol–water partition coefficient (Wildman–Crippen LogP) is 3.24. The molecule has 0 rings (SSSR count). The fraction of sp³-hybridized carbons (Fsp3) is 0.750. The maximum absolute atomic E-state index is 11.1. The zero-order valence-electron chi connectivity index (χ0n) is 12.7. The summed E-state index contributed by atoms with van der Waals surface area (Å²) >= 11 is 0. The van der Waals surface area contributed by atoms with E-state index in [4.69, 9.17) is 4.74 Å². The Balaban J connectivity index is 3.33. The molecule has 114 valence electrons. The molecule has 0 aliphatic heterocycles. The Hall–Kier alpha value is -1.50. The summed E-state index contributed by atoms with van der Waals surface area (Å²) in [6, 6.07) is 0. The number of rotatable bonds is 10. The number of unbranched alkanes of at least 4 members (excludes halogenated alkanes) is 8. The standard InChI is InChI=1S/C16H26O4/c1-3-4-5-6-7-8-9-10-11-14-20-16(18)13-12-15(17)19-2/h3-11,14H2,1-2H3. The first-order chi connectivity index (χ1) is 9.70. The molecule has 0 unspecified atom stereocenters. The van der Waals surface area contributed by atoms with Gasteiger partial charge in [-0.1, -0.05) is 58.3 Å². The number of esters is 2. The second-order valence-corrected chi connectivity index (χ2v) is 4.71. The van der Waals surface area contributed by atoms with Crippen molar-refractivity contribution in [3.8, 4) is 11.8 Å². The van der Waals surface area contributed by atoms with Gasteiger partial charge in [0.2, 0.25) is 0 Å². The highest BCUT2D eigenvalue weighted by Crippen LogP contribution is 2.09. The lowest BCUT2D eigenvalue weighted by molar-refractivity contribution is -0.137. The molecule has 0 aromatic heterocycles. The van der Waals surface area contributed by atoms with E-state index in [1.54, 1.807) is 0 Å². The van der Waals surface area contributed by atoms with E-state index in [0.717, 1.165) is 12.8 Å². The summed E-state index contributed by atoms with van der Waals surface area (Å²) in [5.74, 6) is 2.71. The van der Waals surface area contributed by atoms with E-state index < -0.39 is 11.9 Å². The van der Waals surface area contributed by atoms with Gasteiger partial charge in [-0.25, -0.2) is 9.59 Å². The van der Waals surface area contributed by atoms with Crippen LogP contribution in [0.5, 0.6) is 0 Å². The van der Waals surface area contributed by atoms with E-state index in [1.165, 1.54) is 52.1 Å². The second-order valence-electron chi connectivity index (χ2n) is 4.71. The van der Waals surface area contributed by atoms with Crippen molar-refractivity contribution >= 4 is 11.9 Å². The van der Waals surface area contributed by atoms with Crippen molar-refractivity contribution < 1.29 is 19.1 Å². The minimum absolute atomic E-state index is 0.366. The summed E-state index contributed by atoms with van der Waals surface area (Å²) in [6.45, 7) is 2.58. The van der Waals surface area contributed by atoms with Gasteiger partial charge in [-0.05, 0) is 6.42 Å². The van der Waals surface area contributed by atoms with Crippen LogP contribution in [0.3, 0.4) is 0 Å². The Morgan fingerprint density at radius 1 is 0.800 bits per heavy atom. The normalized spacial score (nSPS) is 9.50. The summed E-state index contributed by atoms with van der Waals surface area (Å²) < 4.78 is 9.16. The van der Waals surface area contributed by atoms with E-state index >= 15 is 0 Å². The molecule has 0 radical (unpaired) electrons. The summed E-state index contributed by atoms with van der Waals surface area (Å²) in [5.41, 5.74) is 0. The van der Waals surface area contributed by atoms with Crippen LogP contribution < -0.4 is 0 Å². The second kappa shape index (κ2) is 13.9. The van der Waals surface area contributed by atoms with Gasteiger partial charge in [0.1, 0.15) is 0 Å². The minimum Gasteiger partial charge on any atom is -0.459 e. The van der Waals surface area contributed by atoms with Crippen molar-refractivity contribution in [2.75, 3.05) is 13.7 Å². The van der Waals surface area contributed by atoms with Crippen molar-refractivity contribution in [2.45, 2.75) is 64.7 Å². The molecular weight excluding hydrogens is 256 g/mol. The van der Waals surface area contributed by atoms with Crippen LogP contribution in [0.25, 0.3) is 0 Å². The van der Waals surface area contributed by atoms with Crippen LogP contribution in [0, 0.1) is 11.8 Å². The van der Waals surface area contributed by atoms with Gasteiger partial charge in [0, 0.05) is 11.8 Å². The summed E-state index contributed by atoms with van der Waals surface area (Å²) in [4.78, 5) is 21.8. The topological polar surface area (TPSA) is 52.6 Å². The number of carbonyl (C=O) groups is 2.